The van der Waals surface area contributed by atoms with Gasteiger partial charge in [-0.2, -0.15) is 0 Å². The van der Waals surface area contributed by atoms with Crippen LogP contribution in [0.4, 0.5) is 0 Å². The Bertz CT molecular complexity index is 1990. The molecule has 2 heterocycles. The van der Waals surface area contributed by atoms with Gasteiger partial charge in [0, 0.05) is 44.9 Å². The first-order chi connectivity index (χ1) is 18.3. The van der Waals surface area contributed by atoms with Crippen LogP contribution in [0.25, 0.3) is 55.0 Å². The fourth-order valence-corrected chi connectivity index (χ4v) is 6.33. The summed E-state index contributed by atoms with van der Waals surface area (Å²) in [5.41, 5.74) is 8.97. The molecule has 3 heteroatoms. The number of benzene rings is 5. The second-order valence-corrected chi connectivity index (χ2v) is 10.0. The topological polar surface area (TPSA) is 26.9 Å². The Hall–Kier alpha value is -4.63. The minimum atomic E-state index is 0.262. The number of para-hydroxylation sites is 3. The molecule has 37 heavy (non-hydrogen) atoms. The highest BCUT2D eigenvalue weighted by Crippen LogP contribution is 2.37. The number of carbonyl (C=O) groups excluding carboxylic acids is 1. The minimum absolute atomic E-state index is 0.262. The van der Waals surface area contributed by atoms with E-state index in [4.69, 9.17) is 0 Å². The maximum absolute atomic E-state index is 12.7. The van der Waals surface area contributed by atoms with Crippen LogP contribution in [0.15, 0.2) is 109 Å². The molecule has 3 nitrogen and oxygen atoms in total. The highest BCUT2D eigenvalue weighted by Gasteiger charge is 2.20. The molecule has 5 aromatic carbocycles. The fraction of sp³-hybridized carbons (Fsp3) is 0.0882. The van der Waals surface area contributed by atoms with Crippen LogP contribution in [-0.2, 0) is 6.42 Å². The van der Waals surface area contributed by atoms with Gasteiger partial charge < -0.3 is 9.13 Å². The molecule has 7 aromatic rings. The Balaban J connectivity index is 1.42. The van der Waals surface area contributed by atoms with Crippen LogP contribution in [0.5, 0.6) is 0 Å². The Kier molecular flexibility index (Phi) is 4.27. The summed E-state index contributed by atoms with van der Waals surface area (Å²) in [5, 5.41) is 4.95. The lowest BCUT2D eigenvalue weighted by Gasteiger charge is -2.17. The first kappa shape index (κ1) is 20.6. The van der Waals surface area contributed by atoms with Crippen molar-refractivity contribution in [2.75, 3.05) is 0 Å². The number of aryl methyl sites for hydroxylation is 1. The maximum Gasteiger partial charge on any atom is 0.163 e. The summed E-state index contributed by atoms with van der Waals surface area (Å²) in [7, 11) is 0. The van der Waals surface area contributed by atoms with E-state index in [9.17, 15) is 4.79 Å². The Morgan fingerprint density at radius 1 is 0.486 bits per heavy atom. The largest absolute Gasteiger partial charge is 0.309 e. The van der Waals surface area contributed by atoms with Crippen molar-refractivity contribution >= 4 is 49.4 Å². The van der Waals surface area contributed by atoms with E-state index in [0.717, 1.165) is 40.8 Å². The number of hydrogen-bond acceptors (Lipinski definition) is 1. The summed E-state index contributed by atoms with van der Waals surface area (Å²) < 4.78 is 4.68. The van der Waals surface area contributed by atoms with Crippen molar-refractivity contribution in [2.45, 2.75) is 19.3 Å². The average molecular weight is 477 g/mol. The molecule has 0 saturated carbocycles. The van der Waals surface area contributed by atoms with Gasteiger partial charge >= 0.3 is 0 Å². The second-order valence-electron chi connectivity index (χ2n) is 10.0. The lowest BCUT2D eigenvalue weighted by atomic mass is 9.90. The summed E-state index contributed by atoms with van der Waals surface area (Å²) in [6, 6.07) is 39.0. The SMILES string of the molecule is O=C1CCCc2ccc(-n3c4ccccc4c4cc(-n5c6ccccc6c6ccccc65)ccc43)cc21. The molecule has 176 valence electrons. The average Bonchev–Trinajstić information content (AvgIpc) is 3.46. The number of Topliss-reactive ketones (excluding diaryl/α,β-unsaturated/α-hetero) is 1. The van der Waals surface area contributed by atoms with Gasteiger partial charge in [-0.3, -0.25) is 4.79 Å². The number of ketones is 1. The molecule has 0 unspecified atom stereocenters. The van der Waals surface area contributed by atoms with E-state index in [1.165, 1.54) is 38.1 Å². The number of aromatic nitrogens is 2. The zero-order valence-corrected chi connectivity index (χ0v) is 20.3. The standard InChI is InChI=1S/C34H24N2O/c37-34-15-7-8-22-16-17-23(20-28(22)34)36-32-14-6-3-11-27(32)29-21-24(18-19-33(29)36)35-30-12-4-1-9-25(30)26-10-2-5-13-31(26)35/h1-6,9-14,16-21H,7-8,15H2. The second kappa shape index (κ2) is 7.68. The number of rotatable bonds is 2. The van der Waals surface area contributed by atoms with Crippen LogP contribution in [0.2, 0.25) is 0 Å². The van der Waals surface area contributed by atoms with Gasteiger partial charge in [0.25, 0.3) is 0 Å². The Morgan fingerprint density at radius 3 is 1.65 bits per heavy atom. The zero-order chi connectivity index (χ0) is 24.5. The van der Waals surface area contributed by atoms with Gasteiger partial charge in [-0.1, -0.05) is 60.7 Å². The van der Waals surface area contributed by atoms with Gasteiger partial charge in [0.05, 0.1) is 22.1 Å². The number of hydrogen-bond donors (Lipinski definition) is 0. The van der Waals surface area contributed by atoms with Crippen molar-refractivity contribution < 1.29 is 4.79 Å². The molecular weight excluding hydrogens is 452 g/mol. The molecule has 0 N–H and O–H groups in total. The van der Waals surface area contributed by atoms with E-state index in [2.05, 4.69) is 118 Å². The smallest absolute Gasteiger partial charge is 0.163 e. The molecule has 0 atom stereocenters. The molecule has 1 aliphatic rings. The summed E-state index contributed by atoms with van der Waals surface area (Å²) in [5.74, 6) is 0.262. The molecule has 0 amide bonds. The minimum Gasteiger partial charge on any atom is -0.309 e. The molecule has 2 aromatic heterocycles. The lowest BCUT2D eigenvalue weighted by molar-refractivity contribution is 0.0972. The van der Waals surface area contributed by atoms with Gasteiger partial charge in [-0.05, 0) is 66.9 Å². The van der Waals surface area contributed by atoms with Crippen LogP contribution in [-0.4, -0.2) is 14.9 Å². The molecule has 0 bridgehead atoms. The maximum atomic E-state index is 12.7. The molecule has 1 aliphatic carbocycles. The Morgan fingerprint density at radius 2 is 1.00 bits per heavy atom. The predicted molar refractivity (Wildman–Crippen MR) is 152 cm³/mol. The fourth-order valence-electron chi connectivity index (χ4n) is 6.33. The van der Waals surface area contributed by atoms with Crippen LogP contribution >= 0.6 is 0 Å². The van der Waals surface area contributed by atoms with E-state index in [0.29, 0.717) is 6.42 Å². The lowest BCUT2D eigenvalue weighted by Crippen LogP contribution is -2.11. The highest BCUT2D eigenvalue weighted by atomic mass is 16.1. The first-order valence-corrected chi connectivity index (χ1v) is 13.0. The van der Waals surface area contributed by atoms with Gasteiger partial charge in [0.1, 0.15) is 0 Å². The molecule has 0 aliphatic heterocycles. The normalized spacial score (nSPS) is 13.7. The predicted octanol–water partition coefficient (Wildman–Crippen LogP) is 8.40. The molecule has 0 saturated heterocycles. The van der Waals surface area contributed by atoms with Crippen LogP contribution < -0.4 is 0 Å². The highest BCUT2D eigenvalue weighted by molar-refractivity contribution is 6.12. The van der Waals surface area contributed by atoms with Crippen molar-refractivity contribution in [3.05, 3.63) is 120 Å². The third kappa shape index (κ3) is 2.91. The van der Waals surface area contributed by atoms with Crippen LogP contribution in [0.1, 0.15) is 28.8 Å². The van der Waals surface area contributed by atoms with Crippen molar-refractivity contribution in [3.8, 4) is 11.4 Å². The monoisotopic (exact) mass is 476 g/mol. The summed E-state index contributed by atoms with van der Waals surface area (Å²) in [4.78, 5) is 12.7. The van der Waals surface area contributed by atoms with Crippen molar-refractivity contribution in [3.63, 3.8) is 0 Å². The molecule has 0 fully saturated rings. The molecular formula is C34H24N2O. The number of fused-ring (bicyclic) bond motifs is 7. The van der Waals surface area contributed by atoms with Crippen molar-refractivity contribution in [1.82, 2.24) is 9.13 Å². The number of nitrogens with zero attached hydrogens (tertiary/aromatic N) is 2. The van der Waals surface area contributed by atoms with Gasteiger partial charge in [0.2, 0.25) is 0 Å². The third-order valence-electron chi connectivity index (χ3n) is 8.00. The van der Waals surface area contributed by atoms with Crippen molar-refractivity contribution in [2.24, 2.45) is 0 Å². The zero-order valence-electron chi connectivity index (χ0n) is 20.3. The van der Waals surface area contributed by atoms with Crippen molar-refractivity contribution in [1.29, 1.82) is 0 Å². The van der Waals surface area contributed by atoms with Crippen LogP contribution in [0.3, 0.4) is 0 Å². The van der Waals surface area contributed by atoms with E-state index in [1.54, 1.807) is 0 Å². The number of carbonyl (C=O) groups is 1. The van der Waals surface area contributed by atoms with Gasteiger partial charge in [-0.15, -0.1) is 0 Å². The van der Waals surface area contributed by atoms with Crippen LogP contribution in [0, 0.1) is 0 Å². The molecule has 0 radical (unpaired) electrons. The Labute approximate surface area is 214 Å². The third-order valence-corrected chi connectivity index (χ3v) is 8.00. The molecule has 0 spiro atoms. The van der Waals surface area contributed by atoms with E-state index >= 15 is 0 Å². The molecule has 8 rings (SSSR count). The first-order valence-electron chi connectivity index (χ1n) is 13.0. The summed E-state index contributed by atoms with van der Waals surface area (Å²) in [6.45, 7) is 0. The van der Waals surface area contributed by atoms with E-state index < -0.39 is 0 Å². The van der Waals surface area contributed by atoms with E-state index in [-0.39, 0.29) is 5.78 Å². The van der Waals surface area contributed by atoms with E-state index in [1.807, 2.05) is 0 Å². The van der Waals surface area contributed by atoms with Gasteiger partial charge in [0.15, 0.2) is 5.78 Å². The quantitative estimate of drug-likeness (QED) is 0.246. The summed E-state index contributed by atoms with van der Waals surface area (Å²) in [6.07, 6.45) is 2.58. The summed E-state index contributed by atoms with van der Waals surface area (Å²) >= 11 is 0. The van der Waals surface area contributed by atoms with Gasteiger partial charge in [-0.25, -0.2) is 0 Å².